The van der Waals surface area contributed by atoms with Crippen molar-refractivity contribution in [1.82, 2.24) is 9.21 Å². The standard InChI is InChI=1S/C16H25ClN2O5S/c1-18(2)25(21,22)10-12-8-19(9-14(12)20)7-11-5-13(17)6-15(23-3)16(11)24-4/h5-6,12,14,20H,7-10H2,1-4H3/t12-,14+/m0/s1. The highest BCUT2D eigenvalue weighted by Crippen LogP contribution is 2.36. The monoisotopic (exact) mass is 392 g/mol. The van der Waals surface area contributed by atoms with Gasteiger partial charge in [0.2, 0.25) is 10.0 Å². The number of ether oxygens (including phenoxy) is 2. The van der Waals surface area contributed by atoms with Gasteiger partial charge in [0.1, 0.15) is 0 Å². The lowest BCUT2D eigenvalue weighted by Crippen LogP contribution is -2.33. The van der Waals surface area contributed by atoms with Crippen LogP contribution in [0.2, 0.25) is 5.02 Å². The van der Waals surface area contributed by atoms with E-state index in [2.05, 4.69) is 0 Å². The van der Waals surface area contributed by atoms with E-state index < -0.39 is 16.1 Å². The maximum absolute atomic E-state index is 12.1. The van der Waals surface area contributed by atoms with Crippen LogP contribution in [0.25, 0.3) is 0 Å². The molecule has 1 fully saturated rings. The number of benzene rings is 1. The molecule has 7 nitrogen and oxygen atoms in total. The highest BCUT2D eigenvalue weighted by molar-refractivity contribution is 7.89. The van der Waals surface area contributed by atoms with Gasteiger partial charge in [-0.15, -0.1) is 0 Å². The first kappa shape index (κ1) is 20.3. The van der Waals surface area contributed by atoms with Crippen LogP contribution in [0.15, 0.2) is 12.1 Å². The first-order valence-corrected chi connectivity index (χ1v) is 9.87. The highest BCUT2D eigenvalue weighted by atomic mass is 35.5. The van der Waals surface area contributed by atoms with E-state index in [4.69, 9.17) is 21.1 Å². The number of hydrogen-bond donors (Lipinski definition) is 1. The molecule has 0 aliphatic carbocycles. The average Bonchev–Trinajstić information content (AvgIpc) is 2.85. The quantitative estimate of drug-likeness (QED) is 0.747. The van der Waals surface area contributed by atoms with Gasteiger partial charge in [0, 0.05) is 56.3 Å². The SMILES string of the molecule is COc1cc(Cl)cc(CN2C[C@@H](CS(=O)(=O)N(C)C)[C@H](O)C2)c1OC. The van der Waals surface area contributed by atoms with Crippen molar-refractivity contribution in [2.45, 2.75) is 12.6 Å². The highest BCUT2D eigenvalue weighted by Gasteiger charge is 2.35. The molecule has 9 heteroatoms. The number of halogens is 1. The van der Waals surface area contributed by atoms with Gasteiger partial charge in [-0.3, -0.25) is 4.90 Å². The first-order chi connectivity index (χ1) is 11.7. The molecule has 142 valence electrons. The van der Waals surface area contributed by atoms with Crippen molar-refractivity contribution in [2.75, 3.05) is 47.2 Å². The van der Waals surface area contributed by atoms with Crippen LogP contribution < -0.4 is 9.47 Å². The van der Waals surface area contributed by atoms with Gasteiger partial charge in [-0.05, 0) is 6.07 Å². The summed E-state index contributed by atoms with van der Waals surface area (Å²) in [7, 11) is 2.73. The largest absolute Gasteiger partial charge is 0.493 e. The second-order valence-corrected chi connectivity index (χ2v) is 9.05. The summed E-state index contributed by atoms with van der Waals surface area (Å²) in [4.78, 5) is 1.99. The van der Waals surface area contributed by atoms with E-state index in [0.29, 0.717) is 36.2 Å². The number of methoxy groups -OCH3 is 2. The Bertz CT molecular complexity index is 711. The van der Waals surface area contributed by atoms with Crippen molar-refractivity contribution in [2.24, 2.45) is 5.92 Å². The van der Waals surface area contributed by atoms with E-state index in [1.54, 1.807) is 26.4 Å². The third kappa shape index (κ3) is 4.77. The Kier molecular flexibility index (Phi) is 6.56. The van der Waals surface area contributed by atoms with Gasteiger partial charge >= 0.3 is 0 Å². The van der Waals surface area contributed by atoms with E-state index in [1.807, 2.05) is 4.90 Å². The summed E-state index contributed by atoms with van der Waals surface area (Å²) >= 11 is 6.13. The molecule has 0 unspecified atom stereocenters. The molecule has 1 heterocycles. The molecule has 0 aromatic heterocycles. The lowest BCUT2D eigenvalue weighted by atomic mass is 10.1. The minimum atomic E-state index is -3.36. The molecule has 1 N–H and O–H groups in total. The Morgan fingerprint density at radius 2 is 1.96 bits per heavy atom. The number of β-amino-alcohol motifs (C(OH)–C–C–N with tert-alkyl or cyclic N) is 1. The first-order valence-electron chi connectivity index (χ1n) is 7.89. The predicted molar refractivity (Wildman–Crippen MR) is 96.8 cm³/mol. The summed E-state index contributed by atoms with van der Waals surface area (Å²) < 4.78 is 36.0. The molecular weight excluding hydrogens is 368 g/mol. The number of aliphatic hydroxyl groups excluding tert-OH is 1. The molecule has 0 radical (unpaired) electrons. The fraction of sp³-hybridized carbons (Fsp3) is 0.625. The zero-order valence-electron chi connectivity index (χ0n) is 14.9. The van der Waals surface area contributed by atoms with Gasteiger partial charge < -0.3 is 14.6 Å². The van der Waals surface area contributed by atoms with Crippen LogP contribution in [0.3, 0.4) is 0 Å². The van der Waals surface area contributed by atoms with Crippen molar-refractivity contribution in [3.63, 3.8) is 0 Å². The molecule has 0 bridgehead atoms. The minimum Gasteiger partial charge on any atom is -0.493 e. The smallest absolute Gasteiger partial charge is 0.214 e. The van der Waals surface area contributed by atoms with E-state index in [9.17, 15) is 13.5 Å². The molecule has 1 aromatic rings. The summed E-state index contributed by atoms with van der Waals surface area (Å²) in [6.45, 7) is 1.35. The van der Waals surface area contributed by atoms with Crippen molar-refractivity contribution in [3.05, 3.63) is 22.7 Å². The fourth-order valence-electron chi connectivity index (χ4n) is 3.02. The second kappa shape index (κ2) is 8.09. The van der Waals surface area contributed by atoms with Gasteiger partial charge in [0.05, 0.1) is 26.1 Å². The van der Waals surface area contributed by atoms with E-state index in [1.165, 1.54) is 18.4 Å². The zero-order chi connectivity index (χ0) is 18.8. The summed E-state index contributed by atoms with van der Waals surface area (Å²) in [5, 5.41) is 10.8. The molecule has 1 saturated heterocycles. The zero-order valence-corrected chi connectivity index (χ0v) is 16.5. The Balaban J connectivity index is 2.14. The second-order valence-electron chi connectivity index (χ2n) is 6.38. The number of likely N-dealkylation sites (tertiary alicyclic amines) is 1. The summed E-state index contributed by atoms with van der Waals surface area (Å²) in [6.07, 6.45) is -0.693. The lowest BCUT2D eigenvalue weighted by molar-refractivity contribution is 0.148. The van der Waals surface area contributed by atoms with Crippen molar-refractivity contribution in [3.8, 4) is 11.5 Å². The van der Waals surface area contributed by atoms with Gasteiger partial charge in [0.15, 0.2) is 11.5 Å². The number of hydrogen-bond acceptors (Lipinski definition) is 6. The van der Waals surface area contributed by atoms with Gasteiger partial charge in [0.25, 0.3) is 0 Å². The Morgan fingerprint density at radius 3 is 2.52 bits per heavy atom. The lowest BCUT2D eigenvalue weighted by Gasteiger charge is -2.20. The van der Waals surface area contributed by atoms with Gasteiger partial charge in [-0.25, -0.2) is 12.7 Å². The molecule has 25 heavy (non-hydrogen) atoms. The number of sulfonamides is 1. The Hall–Kier alpha value is -1.06. The van der Waals surface area contributed by atoms with Crippen LogP contribution in [0, 0.1) is 5.92 Å². The summed E-state index contributed by atoms with van der Waals surface area (Å²) in [6, 6.07) is 3.47. The van der Waals surface area contributed by atoms with Gasteiger partial charge in [-0.2, -0.15) is 0 Å². The maximum Gasteiger partial charge on any atom is 0.214 e. The third-order valence-corrected chi connectivity index (χ3v) is 6.56. The third-order valence-electron chi connectivity index (χ3n) is 4.38. The van der Waals surface area contributed by atoms with Crippen LogP contribution in [0.4, 0.5) is 0 Å². The van der Waals surface area contributed by atoms with Crippen molar-refractivity contribution in [1.29, 1.82) is 0 Å². The molecule has 1 aromatic carbocycles. The van der Waals surface area contributed by atoms with Crippen LogP contribution in [0.1, 0.15) is 5.56 Å². The van der Waals surface area contributed by atoms with Crippen molar-refractivity contribution >= 4 is 21.6 Å². The molecular formula is C16H25ClN2O5S. The number of nitrogens with zero attached hydrogens (tertiary/aromatic N) is 2. The Morgan fingerprint density at radius 1 is 1.28 bits per heavy atom. The summed E-state index contributed by atoms with van der Waals surface area (Å²) in [5.74, 6) is 0.718. The van der Waals surface area contributed by atoms with Crippen molar-refractivity contribution < 1.29 is 23.0 Å². The molecule has 0 amide bonds. The van der Waals surface area contributed by atoms with E-state index in [-0.39, 0.29) is 11.7 Å². The molecule has 0 spiro atoms. The van der Waals surface area contributed by atoms with E-state index >= 15 is 0 Å². The van der Waals surface area contributed by atoms with E-state index in [0.717, 1.165) is 5.56 Å². The van der Waals surface area contributed by atoms with Gasteiger partial charge in [-0.1, -0.05) is 11.6 Å². The normalized spacial score (nSPS) is 21.7. The molecule has 1 aliphatic rings. The Labute approximate surface area is 154 Å². The molecule has 2 rings (SSSR count). The molecule has 1 aliphatic heterocycles. The molecule has 0 saturated carbocycles. The average molecular weight is 393 g/mol. The van der Waals surface area contributed by atoms with Crippen LogP contribution in [-0.4, -0.2) is 76.0 Å². The minimum absolute atomic E-state index is 0.0757. The topological polar surface area (TPSA) is 79.3 Å². The molecule has 2 atom stereocenters. The number of rotatable bonds is 7. The summed E-state index contributed by atoms with van der Waals surface area (Å²) in [5.41, 5.74) is 0.829. The number of aliphatic hydroxyl groups is 1. The van der Waals surface area contributed by atoms with Crippen LogP contribution in [-0.2, 0) is 16.6 Å². The maximum atomic E-state index is 12.1. The van der Waals surface area contributed by atoms with Crippen LogP contribution >= 0.6 is 11.6 Å². The van der Waals surface area contributed by atoms with Crippen LogP contribution in [0.5, 0.6) is 11.5 Å². The predicted octanol–water partition coefficient (Wildman–Crippen LogP) is 1.04. The fourth-order valence-corrected chi connectivity index (χ4v) is 4.42.